The molecule has 0 fully saturated rings. The highest BCUT2D eigenvalue weighted by Gasteiger charge is 2.34. The fraction of sp³-hybridized carbons (Fsp3) is 0.294. The number of para-hydroxylation sites is 1. The van der Waals surface area contributed by atoms with E-state index in [-0.39, 0.29) is 17.7 Å². The third-order valence-corrected chi connectivity index (χ3v) is 5.28. The molecule has 2 heterocycles. The first-order valence-corrected chi connectivity index (χ1v) is 9.57. The Kier molecular flexibility index (Phi) is 4.63. The Balaban J connectivity index is 1.97. The summed E-state index contributed by atoms with van der Waals surface area (Å²) < 4.78 is 31.9. The molecule has 1 amide bonds. The SMILES string of the molecule is CCS(=O)(=O)Nc1ccccc1C1=NN(C(C)=O)C(c2ccco2)C1. The molecule has 1 unspecified atom stereocenters. The highest BCUT2D eigenvalue weighted by molar-refractivity contribution is 7.92. The van der Waals surface area contributed by atoms with Crippen LogP contribution in [0.3, 0.4) is 0 Å². The molecule has 1 N–H and O–H groups in total. The molecule has 1 atom stereocenters. The molecule has 1 aliphatic rings. The van der Waals surface area contributed by atoms with Gasteiger partial charge < -0.3 is 4.42 Å². The van der Waals surface area contributed by atoms with Crippen molar-refractivity contribution in [2.75, 3.05) is 10.5 Å². The maximum absolute atomic E-state index is 12.0. The van der Waals surface area contributed by atoms with Gasteiger partial charge in [-0.1, -0.05) is 18.2 Å². The summed E-state index contributed by atoms with van der Waals surface area (Å²) in [4.78, 5) is 12.0. The van der Waals surface area contributed by atoms with Crippen LogP contribution in [0.2, 0.25) is 0 Å². The molecular formula is C17H19N3O4S. The third-order valence-electron chi connectivity index (χ3n) is 3.99. The number of hydrogen-bond donors (Lipinski definition) is 1. The lowest BCUT2D eigenvalue weighted by Crippen LogP contribution is -2.23. The van der Waals surface area contributed by atoms with Crippen LogP contribution in [0.5, 0.6) is 0 Å². The van der Waals surface area contributed by atoms with Gasteiger partial charge in [0.25, 0.3) is 0 Å². The van der Waals surface area contributed by atoms with Crippen molar-refractivity contribution in [2.24, 2.45) is 5.10 Å². The number of nitrogens with zero attached hydrogens (tertiary/aromatic N) is 2. The Morgan fingerprint density at radius 2 is 2.08 bits per heavy atom. The van der Waals surface area contributed by atoms with Gasteiger partial charge in [-0.2, -0.15) is 5.10 Å². The van der Waals surface area contributed by atoms with Crippen LogP contribution in [-0.2, 0) is 14.8 Å². The van der Waals surface area contributed by atoms with Gasteiger partial charge in [0.1, 0.15) is 11.8 Å². The zero-order valence-corrected chi connectivity index (χ0v) is 14.8. The summed E-state index contributed by atoms with van der Waals surface area (Å²) in [5.41, 5.74) is 1.73. The van der Waals surface area contributed by atoms with Crippen LogP contribution in [0.1, 0.15) is 37.6 Å². The second-order valence-corrected chi connectivity index (χ2v) is 7.71. The number of carbonyl (C=O) groups is 1. The summed E-state index contributed by atoms with van der Waals surface area (Å²) in [6.45, 7) is 3.01. The minimum Gasteiger partial charge on any atom is -0.467 e. The Labute approximate surface area is 146 Å². The van der Waals surface area contributed by atoms with Crippen molar-refractivity contribution in [1.82, 2.24) is 5.01 Å². The average Bonchev–Trinajstić information content (AvgIpc) is 3.24. The van der Waals surface area contributed by atoms with Gasteiger partial charge in [-0.15, -0.1) is 0 Å². The van der Waals surface area contributed by atoms with E-state index < -0.39 is 10.0 Å². The van der Waals surface area contributed by atoms with Crippen molar-refractivity contribution in [2.45, 2.75) is 26.3 Å². The third kappa shape index (κ3) is 3.58. The summed E-state index contributed by atoms with van der Waals surface area (Å²) in [5.74, 6) is 0.408. The zero-order valence-electron chi connectivity index (χ0n) is 14.0. The summed E-state index contributed by atoms with van der Waals surface area (Å²) >= 11 is 0. The van der Waals surface area contributed by atoms with Gasteiger partial charge in [-0.05, 0) is 25.1 Å². The van der Waals surface area contributed by atoms with Crippen molar-refractivity contribution in [1.29, 1.82) is 0 Å². The molecule has 25 heavy (non-hydrogen) atoms. The molecule has 1 aromatic carbocycles. The molecule has 0 saturated heterocycles. The highest BCUT2D eigenvalue weighted by Crippen LogP contribution is 2.34. The van der Waals surface area contributed by atoms with Gasteiger partial charge in [-0.3, -0.25) is 9.52 Å². The number of carbonyl (C=O) groups excluding carboxylic acids is 1. The molecule has 7 nitrogen and oxygen atoms in total. The molecule has 1 aromatic heterocycles. The predicted molar refractivity (Wildman–Crippen MR) is 94.6 cm³/mol. The lowest BCUT2D eigenvalue weighted by atomic mass is 10.0. The second kappa shape index (κ2) is 6.72. The number of hydrazone groups is 1. The quantitative estimate of drug-likeness (QED) is 0.886. The molecule has 0 spiro atoms. The summed E-state index contributed by atoms with van der Waals surface area (Å²) in [5, 5.41) is 5.79. The van der Waals surface area contributed by atoms with E-state index in [4.69, 9.17) is 4.42 Å². The summed E-state index contributed by atoms with van der Waals surface area (Å²) in [6, 6.07) is 10.2. The number of sulfonamides is 1. The molecule has 3 rings (SSSR count). The van der Waals surface area contributed by atoms with Crippen molar-refractivity contribution in [3.8, 4) is 0 Å². The first-order valence-electron chi connectivity index (χ1n) is 7.92. The van der Waals surface area contributed by atoms with Crippen LogP contribution in [-0.4, -0.2) is 30.8 Å². The van der Waals surface area contributed by atoms with Crippen molar-refractivity contribution in [3.63, 3.8) is 0 Å². The molecule has 0 bridgehead atoms. The van der Waals surface area contributed by atoms with Crippen LogP contribution in [0.25, 0.3) is 0 Å². The Morgan fingerprint density at radius 1 is 1.32 bits per heavy atom. The van der Waals surface area contributed by atoms with Crippen LogP contribution in [0.4, 0.5) is 5.69 Å². The number of rotatable bonds is 5. The number of benzene rings is 1. The molecule has 0 radical (unpaired) electrons. The number of anilines is 1. The monoisotopic (exact) mass is 361 g/mol. The van der Waals surface area contributed by atoms with Gasteiger partial charge in [-0.25, -0.2) is 13.4 Å². The maximum atomic E-state index is 12.0. The van der Waals surface area contributed by atoms with E-state index >= 15 is 0 Å². The Morgan fingerprint density at radius 3 is 2.72 bits per heavy atom. The lowest BCUT2D eigenvalue weighted by molar-refractivity contribution is -0.130. The minimum atomic E-state index is -3.42. The first-order chi connectivity index (χ1) is 11.9. The van der Waals surface area contributed by atoms with Gasteiger partial charge in [0, 0.05) is 18.9 Å². The fourth-order valence-electron chi connectivity index (χ4n) is 2.73. The first kappa shape index (κ1) is 17.2. The van der Waals surface area contributed by atoms with Crippen LogP contribution in [0, 0.1) is 0 Å². The topological polar surface area (TPSA) is 92.0 Å². The van der Waals surface area contributed by atoms with E-state index in [0.29, 0.717) is 29.1 Å². The molecule has 0 saturated carbocycles. The van der Waals surface area contributed by atoms with Crippen molar-refractivity contribution in [3.05, 3.63) is 54.0 Å². The fourth-order valence-corrected chi connectivity index (χ4v) is 3.39. The minimum absolute atomic E-state index is 0.0254. The van der Waals surface area contributed by atoms with Gasteiger partial charge in [0.15, 0.2) is 0 Å². The van der Waals surface area contributed by atoms with Gasteiger partial charge >= 0.3 is 0 Å². The van der Waals surface area contributed by atoms with Gasteiger partial charge in [0.05, 0.1) is 23.4 Å². The second-order valence-electron chi connectivity index (χ2n) is 5.70. The average molecular weight is 361 g/mol. The maximum Gasteiger partial charge on any atom is 0.240 e. The number of hydrogen-bond acceptors (Lipinski definition) is 5. The van der Waals surface area contributed by atoms with Crippen LogP contribution >= 0.6 is 0 Å². The predicted octanol–water partition coefficient (Wildman–Crippen LogP) is 2.74. The number of nitrogens with one attached hydrogen (secondary N) is 1. The van der Waals surface area contributed by atoms with Crippen molar-refractivity contribution < 1.29 is 17.6 Å². The Hall–Kier alpha value is -2.61. The van der Waals surface area contributed by atoms with E-state index in [2.05, 4.69) is 9.82 Å². The molecule has 2 aromatic rings. The standard InChI is InChI=1S/C17H19N3O4S/c1-3-25(22,23)19-14-8-5-4-7-13(14)15-11-16(17-9-6-10-24-17)20(18-15)12(2)21/h4-10,16,19H,3,11H2,1-2H3. The van der Waals surface area contributed by atoms with Crippen molar-refractivity contribution >= 4 is 27.3 Å². The van der Waals surface area contributed by atoms with E-state index in [0.717, 1.165) is 0 Å². The summed E-state index contributed by atoms with van der Waals surface area (Å²) in [7, 11) is -3.42. The lowest BCUT2D eigenvalue weighted by Gasteiger charge is -2.17. The molecule has 8 heteroatoms. The normalized spacial score (nSPS) is 17.4. The molecule has 132 valence electrons. The number of amides is 1. The molecule has 1 aliphatic heterocycles. The van der Waals surface area contributed by atoms with E-state index in [9.17, 15) is 13.2 Å². The number of furan rings is 1. The van der Waals surface area contributed by atoms with E-state index in [1.54, 1.807) is 49.6 Å². The van der Waals surface area contributed by atoms with Gasteiger partial charge in [0.2, 0.25) is 15.9 Å². The largest absolute Gasteiger partial charge is 0.467 e. The zero-order chi connectivity index (χ0) is 18.0. The summed E-state index contributed by atoms with van der Waals surface area (Å²) in [6.07, 6.45) is 1.99. The van der Waals surface area contributed by atoms with Crippen LogP contribution in [0.15, 0.2) is 52.2 Å². The van der Waals surface area contributed by atoms with E-state index in [1.165, 1.54) is 11.9 Å². The Bertz CT molecular complexity index is 904. The smallest absolute Gasteiger partial charge is 0.240 e. The van der Waals surface area contributed by atoms with Crippen LogP contribution < -0.4 is 4.72 Å². The highest BCUT2D eigenvalue weighted by atomic mass is 32.2. The van der Waals surface area contributed by atoms with E-state index in [1.807, 2.05) is 0 Å². The molecular weight excluding hydrogens is 342 g/mol. The molecule has 0 aliphatic carbocycles.